The van der Waals surface area contributed by atoms with Crippen molar-refractivity contribution in [2.75, 3.05) is 0 Å². The molecule has 0 bridgehead atoms. The zero-order valence-electron chi connectivity index (χ0n) is 9.29. The first kappa shape index (κ1) is 12.2. The minimum absolute atomic E-state index is 0.214. The maximum Gasteiger partial charge on any atom is 0.176 e. The number of hydrogen-bond donors (Lipinski definition) is 0. The predicted octanol–water partition coefficient (Wildman–Crippen LogP) is 4.24. The molecule has 2 heteroatoms. The first-order chi connectivity index (χ1) is 7.29. The van der Waals surface area contributed by atoms with Crippen LogP contribution in [0, 0.1) is 0 Å². The summed E-state index contributed by atoms with van der Waals surface area (Å²) in [6, 6.07) is 2.08. The van der Waals surface area contributed by atoms with E-state index in [1.54, 1.807) is 17.4 Å². The summed E-state index contributed by atoms with van der Waals surface area (Å²) in [5.74, 6) is 0.214. The molecule has 15 heavy (non-hydrogen) atoms. The Labute approximate surface area is 95.8 Å². The van der Waals surface area contributed by atoms with Crippen LogP contribution < -0.4 is 0 Å². The molecular weight excluding hydrogens is 204 g/mol. The summed E-state index contributed by atoms with van der Waals surface area (Å²) in [7, 11) is 0. The van der Waals surface area contributed by atoms with Crippen LogP contribution in [0.2, 0.25) is 0 Å². The van der Waals surface area contributed by atoms with Crippen molar-refractivity contribution in [3.8, 4) is 0 Å². The van der Waals surface area contributed by atoms with Crippen molar-refractivity contribution in [3.63, 3.8) is 0 Å². The number of allylic oxidation sites excluding steroid dienone is 1. The van der Waals surface area contributed by atoms with Gasteiger partial charge >= 0.3 is 0 Å². The number of Topliss-reactive ketones (excluding diaryl/α,β-unsaturated/α-hetero) is 1. The zero-order valence-corrected chi connectivity index (χ0v) is 10.1. The van der Waals surface area contributed by atoms with Crippen molar-refractivity contribution >= 4 is 17.1 Å². The topological polar surface area (TPSA) is 17.1 Å². The van der Waals surface area contributed by atoms with E-state index in [0.29, 0.717) is 6.42 Å². The van der Waals surface area contributed by atoms with E-state index in [-0.39, 0.29) is 5.78 Å². The van der Waals surface area contributed by atoms with Crippen LogP contribution >= 0.6 is 11.3 Å². The third kappa shape index (κ3) is 3.63. The molecule has 1 aromatic rings. The van der Waals surface area contributed by atoms with E-state index in [1.165, 1.54) is 24.8 Å². The van der Waals surface area contributed by atoms with Crippen LogP contribution in [0.25, 0.3) is 0 Å². The molecule has 0 saturated carbocycles. The number of carbonyl (C=O) groups is 1. The van der Waals surface area contributed by atoms with Crippen molar-refractivity contribution in [2.45, 2.75) is 39.0 Å². The van der Waals surface area contributed by atoms with Gasteiger partial charge in [0.25, 0.3) is 0 Å². The van der Waals surface area contributed by atoms with Gasteiger partial charge in [0, 0.05) is 6.42 Å². The van der Waals surface area contributed by atoms with Crippen LogP contribution in [-0.2, 0) is 6.42 Å². The highest BCUT2D eigenvalue weighted by Crippen LogP contribution is 2.21. The van der Waals surface area contributed by atoms with Gasteiger partial charge in [-0.15, -0.1) is 17.9 Å². The van der Waals surface area contributed by atoms with Crippen LogP contribution in [0.1, 0.15) is 47.8 Å². The molecule has 1 nitrogen and oxygen atoms in total. The van der Waals surface area contributed by atoms with Gasteiger partial charge in [-0.1, -0.05) is 25.8 Å². The van der Waals surface area contributed by atoms with E-state index in [4.69, 9.17) is 0 Å². The van der Waals surface area contributed by atoms with Gasteiger partial charge in [-0.2, -0.15) is 0 Å². The number of aryl methyl sites for hydroxylation is 1. The average molecular weight is 222 g/mol. The Morgan fingerprint density at radius 2 is 2.33 bits per heavy atom. The molecule has 1 rings (SSSR count). The Morgan fingerprint density at radius 3 is 3.00 bits per heavy atom. The lowest BCUT2D eigenvalue weighted by Crippen LogP contribution is -1.98. The molecule has 0 atom stereocenters. The minimum Gasteiger partial charge on any atom is -0.293 e. The fourth-order valence-electron chi connectivity index (χ4n) is 1.57. The van der Waals surface area contributed by atoms with E-state index in [1.807, 2.05) is 5.38 Å². The first-order valence-corrected chi connectivity index (χ1v) is 6.38. The van der Waals surface area contributed by atoms with Crippen LogP contribution in [0.3, 0.4) is 0 Å². The Balaban J connectivity index is 2.60. The molecule has 0 spiro atoms. The first-order valence-electron chi connectivity index (χ1n) is 5.50. The fraction of sp³-hybridized carbons (Fsp3) is 0.462. The second kappa shape index (κ2) is 6.57. The van der Waals surface area contributed by atoms with Gasteiger partial charge < -0.3 is 0 Å². The van der Waals surface area contributed by atoms with Crippen molar-refractivity contribution in [3.05, 3.63) is 34.5 Å². The average Bonchev–Trinajstić information content (AvgIpc) is 2.67. The molecule has 0 aliphatic heterocycles. The Bertz CT molecular complexity index is 325. The highest BCUT2D eigenvalue weighted by molar-refractivity contribution is 7.12. The maximum absolute atomic E-state index is 11.7. The summed E-state index contributed by atoms with van der Waals surface area (Å²) in [4.78, 5) is 12.6. The lowest BCUT2D eigenvalue weighted by Gasteiger charge is -2.01. The number of ketones is 1. The third-order valence-electron chi connectivity index (χ3n) is 2.38. The second-order valence-electron chi connectivity index (χ2n) is 3.65. The van der Waals surface area contributed by atoms with Gasteiger partial charge in [0.2, 0.25) is 0 Å². The number of hydrogen-bond acceptors (Lipinski definition) is 2. The number of rotatable bonds is 7. The summed E-state index contributed by atoms with van der Waals surface area (Å²) in [5, 5.41) is 2.01. The van der Waals surface area contributed by atoms with E-state index in [2.05, 4.69) is 19.6 Å². The molecule has 0 amide bonds. The summed E-state index contributed by atoms with van der Waals surface area (Å²) in [6.45, 7) is 5.79. The lowest BCUT2D eigenvalue weighted by molar-refractivity contribution is 0.0999. The van der Waals surface area contributed by atoms with E-state index < -0.39 is 0 Å². The summed E-state index contributed by atoms with van der Waals surface area (Å²) >= 11 is 1.56. The molecule has 0 fully saturated rings. The molecule has 0 aromatic carbocycles. The number of carbonyl (C=O) groups excluding carboxylic acids is 1. The summed E-state index contributed by atoms with van der Waals surface area (Å²) in [5.41, 5.74) is 1.22. The van der Waals surface area contributed by atoms with Crippen LogP contribution in [0.5, 0.6) is 0 Å². The largest absolute Gasteiger partial charge is 0.293 e. The van der Waals surface area contributed by atoms with Crippen molar-refractivity contribution in [1.82, 2.24) is 0 Å². The molecule has 0 saturated heterocycles. The summed E-state index contributed by atoms with van der Waals surface area (Å²) in [6.07, 6.45) is 6.82. The maximum atomic E-state index is 11.7. The molecular formula is C13H18OS. The van der Waals surface area contributed by atoms with Crippen LogP contribution in [0.15, 0.2) is 24.1 Å². The van der Waals surface area contributed by atoms with Gasteiger partial charge in [0.15, 0.2) is 5.78 Å². The van der Waals surface area contributed by atoms with Crippen molar-refractivity contribution in [1.29, 1.82) is 0 Å². The highest BCUT2D eigenvalue weighted by Gasteiger charge is 2.10. The Kier molecular flexibility index (Phi) is 5.33. The highest BCUT2D eigenvalue weighted by atomic mass is 32.1. The minimum atomic E-state index is 0.214. The predicted molar refractivity (Wildman–Crippen MR) is 66.7 cm³/mol. The Hall–Kier alpha value is -0.890. The van der Waals surface area contributed by atoms with Gasteiger partial charge in [-0.3, -0.25) is 4.79 Å². The van der Waals surface area contributed by atoms with E-state index in [9.17, 15) is 4.79 Å². The van der Waals surface area contributed by atoms with Gasteiger partial charge in [-0.05, 0) is 29.9 Å². The molecule has 0 unspecified atom stereocenters. The van der Waals surface area contributed by atoms with Gasteiger partial charge in [-0.25, -0.2) is 0 Å². The second-order valence-corrected chi connectivity index (χ2v) is 4.56. The summed E-state index contributed by atoms with van der Waals surface area (Å²) < 4.78 is 0. The zero-order chi connectivity index (χ0) is 11.1. The molecule has 0 aliphatic carbocycles. The van der Waals surface area contributed by atoms with E-state index in [0.717, 1.165) is 11.3 Å². The normalized spacial score (nSPS) is 10.2. The SMILES string of the molecule is C=CCC(=O)c1sccc1CCCCC. The molecule has 1 aromatic heterocycles. The van der Waals surface area contributed by atoms with Crippen molar-refractivity contribution in [2.24, 2.45) is 0 Å². The molecule has 1 heterocycles. The molecule has 0 N–H and O–H groups in total. The smallest absolute Gasteiger partial charge is 0.176 e. The quantitative estimate of drug-likeness (QED) is 0.383. The van der Waals surface area contributed by atoms with Crippen molar-refractivity contribution < 1.29 is 4.79 Å². The Morgan fingerprint density at radius 1 is 1.53 bits per heavy atom. The fourth-order valence-corrected chi connectivity index (χ4v) is 2.47. The monoisotopic (exact) mass is 222 g/mol. The molecule has 0 aliphatic rings. The number of unbranched alkanes of at least 4 members (excludes halogenated alkanes) is 2. The number of thiophene rings is 1. The van der Waals surface area contributed by atoms with Gasteiger partial charge in [0.1, 0.15) is 0 Å². The van der Waals surface area contributed by atoms with E-state index >= 15 is 0 Å². The molecule has 0 radical (unpaired) electrons. The molecule has 82 valence electrons. The standard InChI is InChI=1S/C13H18OS/c1-3-5-6-8-11-9-10-15-13(11)12(14)7-4-2/h4,9-10H,2-3,5-8H2,1H3. The van der Waals surface area contributed by atoms with Crippen LogP contribution in [-0.4, -0.2) is 5.78 Å². The van der Waals surface area contributed by atoms with Crippen LogP contribution in [0.4, 0.5) is 0 Å². The van der Waals surface area contributed by atoms with Gasteiger partial charge in [0.05, 0.1) is 4.88 Å². The lowest BCUT2D eigenvalue weighted by atomic mass is 10.1. The third-order valence-corrected chi connectivity index (χ3v) is 3.38.